The molecule has 8 heteroatoms. The van der Waals surface area contributed by atoms with Gasteiger partial charge in [0.2, 0.25) is 0 Å². The highest BCUT2D eigenvalue weighted by molar-refractivity contribution is 6.29. The van der Waals surface area contributed by atoms with Crippen LogP contribution in [0, 0.1) is 23.2 Å². The summed E-state index contributed by atoms with van der Waals surface area (Å²) in [4.78, 5) is 2.69. The van der Waals surface area contributed by atoms with E-state index in [9.17, 15) is 0 Å². The highest BCUT2D eigenvalue weighted by Gasteiger charge is 2.40. The lowest BCUT2D eigenvalue weighted by Gasteiger charge is -2.49. The third-order valence-corrected chi connectivity index (χ3v) is 7.04. The van der Waals surface area contributed by atoms with Crippen LogP contribution in [0.2, 0.25) is 0 Å². The average Bonchev–Trinajstić information content (AvgIpc) is 2.64. The zero-order valence-electron chi connectivity index (χ0n) is 20.3. The molecular formula is C24H53ClN2O5. The Balaban J connectivity index is -0.00000210. The van der Waals surface area contributed by atoms with Gasteiger partial charge in [0.25, 0.3) is 0 Å². The van der Waals surface area contributed by atoms with Crippen LogP contribution >= 0.6 is 11.6 Å². The lowest BCUT2D eigenvalue weighted by molar-refractivity contribution is 0.0110. The molecule has 1 aliphatic heterocycles. The molecular weight excluding hydrogens is 432 g/mol. The molecule has 1 aliphatic carbocycles. The van der Waals surface area contributed by atoms with Crippen molar-refractivity contribution in [3.8, 4) is 0 Å². The number of ether oxygens (including phenoxy) is 2. The summed E-state index contributed by atoms with van der Waals surface area (Å²) >= 11 is 6.21. The molecule has 2 rings (SSSR count). The Hall–Kier alpha value is -0.250. The second-order valence-corrected chi connectivity index (χ2v) is 10.2. The van der Waals surface area contributed by atoms with Crippen molar-refractivity contribution in [2.45, 2.75) is 66.8 Å². The highest BCUT2D eigenvalue weighted by Crippen LogP contribution is 2.44. The Morgan fingerprint density at radius 2 is 1.84 bits per heavy atom. The third-order valence-electron chi connectivity index (χ3n) is 6.70. The number of methoxy groups -OCH3 is 1. The minimum atomic E-state index is 0. The molecule has 7 nitrogen and oxygen atoms in total. The first-order valence-electron chi connectivity index (χ1n) is 11.2. The lowest BCUT2D eigenvalue weighted by Crippen LogP contribution is -2.53. The second-order valence-electron chi connectivity index (χ2n) is 9.71. The standard InChI is InChI=1S/C23H43ClN2O2.CH4.3H2O/c1-18(2)22(25-11-13-28-15-14-27-5)16-26-12-10-21(23(3,4)17-26)19-6-8-20(24)9-7-19;;;;/h8,18-19,21-22,25H,6-7,9-17H2,1-5H3;1H4;3*1H2/t19?,21?,22-;;;;/m0..../s1. The normalized spacial score (nSPS) is 23.7. The molecule has 32 heavy (non-hydrogen) atoms. The van der Waals surface area contributed by atoms with Gasteiger partial charge in [-0.05, 0) is 55.4 Å². The van der Waals surface area contributed by atoms with Crippen LogP contribution in [0.3, 0.4) is 0 Å². The second kappa shape index (κ2) is 18.1. The molecule has 0 spiro atoms. The molecule has 0 saturated carbocycles. The van der Waals surface area contributed by atoms with Gasteiger partial charge in [0, 0.05) is 37.8 Å². The van der Waals surface area contributed by atoms with Gasteiger partial charge in [0.1, 0.15) is 0 Å². The van der Waals surface area contributed by atoms with Gasteiger partial charge in [-0.3, -0.25) is 0 Å². The maximum atomic E-state index is 6.21. The molecule has 1 heterocycles. The quantitative estimate of drug-likeness (QED) is 0.452. The van der Waals surface area contributed by atoms with Crippen LogP contribution < -0.4 is 5.32 Å². The molecule has 0 aromatic carbocycles. The first-order valence-corrected chi connectivity index (χ1v) is 11.6. The molecule has 0 amide bonds. The highest BCUT2D eigenvalue weighted by atomic mass is 35.5. The lowest BCUT2D eigenvalue weighted by atomic mass is 9.65. The molecule has 0 aromatic heterocycles. The number of halogens is 1. The van der Waals surface area contributed by atoms with Crippen molar-refractivity contribution in [3.05, 3.63) is 11.1 Å². The number of likely N-dealkylation sites (tertiary alicyclic amines) is 1. The summed E-state index contributed by atoms with van der Waals surface area (Å²) in [6.45, 7) is 16.1. The van der Waals surface area contributed by atoms with Gasteiger partial charge in [0.15, 0.2) is 0 Å². The van der Waals surface area contributed by atoms with E-state index < -0.39 is 0 Å². The van der Waals surface area contributed by atoms with Crippen LogP contribution in [0.5, 0.6) is 0 Å². The minimum absolute atomic E-state index is 0. The molecule has 0 radical (unpaired) electrons. The van der Waals surface area contributed by atoms with Crippen molar-refractivity contribution in [1.82, 2.24) is 10.2 Å². The molecule has 2 unspecified atom stereocenters. The summed E-state index contributed by atoms with van der Waals surface area (Å²) in [6.07, 6.45) is 7.10. The fourth-order valence-electron chi connectivity index (χ4n) is 5.05. The van der Waals surface area contributed by atoms with Crippen molar-refractivity contribution in [1.29, 1.82) is 0 Å². The first-order chi connectivity index (χ1) is 13.3. The van der Waals surface area contributed by atoms with Crippen LogP contribution in [0.15, 0.2) is 11.1 Å². The summed E-state index contributed by atoms with van der Waals surface area (Å²) in [5, 5.41) is 4.79. The SMILES string of the molecule is C.COCCOCCN[C@@H](CN1CCC(C2CC=C(Cl)CC2)C(C)(C)C1)C(C)C.O.O.O. The summed E-state index contributed by atoms with van der Waals surface area (Å²) in [7, 11) is 1.71. The first kappa shape index (κ1) is 36.3. The van der Waals surface area contributed by atoms with Crippen LogP contribution in [0.25, 0.3) is 0 Å². The predicted octanol–water partition coefficient (Wildman–Crippen LogP) is 2.70. The van der Waals surface area contributed by atoms with E-state index in [0.29, 0.717) is 30.6 Å². The maximum absolute atomic E-state index is 6.21. The van der Waals surface area contributed by atoms with E-state index in [-0.39, 0.29) is 23.9 Å². The fourth-order valence-corrected chi connectivity index (χ4v) is 5.25. The zero-order chi connectivity index (χ0) is 20.6. The van der Waals surface area contributed by atoms with Crippen LogP contribution in [-0.4, -0.2) is 80.5 Å². The largest absolute Gasteiger partial charge is 0.412 e. The van der Waals surface area contributed by atoms with Crippen LogP contribution in [0.1, 0.15) is 60.8 Å². The number of rotatable bonds is 11. The number of allylic oxidation sites excluding steroid dienone is 2. The molecule has 1 saturated heterocycles. The van der Waals surface area contributed by atoms with Crippen molar-refractivity contribution in [2.75, 3.05) is 53.1 Å². The number of hydrogen-bond acceptors (Lipinski definition) is 4. The zero-order valence-corrected chi connectivity index (χ0v) is 21.1. The van der Waals surface area contributed by atoms with E-state index in [0.717, 1.165) is 43.0 Å². The number of nitrogens with one attached hydrogen (secondary N) is 1. The Labute approximate surface area is 202 Å². The van der Waals surface area contributed by atoms with Crippen LogP contribution in [0.4, 0.5) is 0 Å². The van der Waals surface area contributed by atoms with E-state index >= 15 is 0 Å². The molecule has 0 bridgehead atoms. The molecule has 3 atom stereocenters. The maximum Gasteiger partial charge on any atom is 0.0700 e. The van der Waals surface area contributed by atoms with Crippen molar-refractivity contribution in [3.63, 3.8) is 0 Å². The summed E-state index contributed by atoms with van der Waals surface area (Å²) in [5.74, 6) is 2.23. The van der Waals surface area contributed by atoms with Gasteiger partial charge in [-0.1, -0.05) is 52.8 Å². The molecule has 1 fully saturated rings. The van der Waals surface area contributed by atoms with Gasteiger partial charge in [-0.15, -0.1) is 0 Å². The third kappa shape index (κ3) is 11.7. The fraction of sp³-hybridized carbons (Fsp3) is 0.917. The van der Waals surface area contributed by atoms with Crippen molar-refractivity contribution in [2.24, 2.45) is 23.2 Å². The van der Waals surface area contributed by atoms with E-state index in [1.54, 1.807) is 7.11 Å². The van der Waals surface area contributed by atoms with E-state index in [1.807, 2.05) is 0 Å². The molecule has 196 valence electrons. The molecule has 2 aliphatic rings. The Kier molecular flexibility index (Phi) is 20.6. The summed E-state index contributed by atoms with van der Waals surface area (Å²) in [5.41, 5.74) is 0.366. The summed E-state index contributed by atoms with van der Waals surface area (Å²) in [6, 6.07) is 0.509. The van der Waals surface area contributed by atoms with Gasteiger partial charge in [-0.25, -0.2) is 0 Å². The van der Waals surface area contributed by atoms with E-state index in [1.165, 1.54) is 32.4 Å². The monoisotopic (exact) mass is 484 g/mol. The van der Waals surface area contributed by atoms with Crippen molar-refractivity contribution < 1.29 is 25.9 Å². The van der Waals surface area contributed by atoms with E-state index in [2.05, 4.69) is 44.0 Å². The van der Waals surface area contributed by atoms with Gasteiger partial charge >= 0.3 is 0 Å². The average molecular weight is 485 g/mol. The van der Waals surface area contributed by atoms with Gasteiger partial charge in [0.05, 0.1) is 19.8 Å². The number of nitrogens with zero attached hydrogens (tertiary/aromatic N) is 1. The van der Waals surface area contributed by atoms with Gasteiger partial charge in [-0.2, -0.15) is 0 Å². The van der Waals surface area contributed by atoms with E-state index in [4.69, 9.17) is 21.1 Å². The molecule has 0 aromatic rings. The molecule has 7 N–H and O–H groups in total. The Morgan fingerprint density at radius 1 is 1.16 bits per heavy atom. The number of hydrogen-bond donors (Lipinski definition) is 1. The predicted molar refractivity (Wildman–Crippen MR) is 137 cm³/mol. The van der Waals surface area contributed by atoms with Gasteiger partial charge < -0.3 is 36.1 Å². The smallest absolute Gasteiger partial charge is 0.0700 e. The minimum Gasteiger partial charge on any atom is -0.412 e. The topological polar surface area (TPSA) is 128 Å². The Bertz CT molecular complexity index is 491. The number of piperidine rings is 1. The summed E-state index contributed by atoms with van der Waals surface area (Å²) < 4.78 is 10.6. The van der Waals surface area contributed by atoms with Crippen molar-refractivity contribution >= 4 is 11.6 Å². The Morgan fingerprint density at radius 3 is 2.38 bits per heavy atom. The van der Waals surface area contributed by atoms with Crippen LogP contribution in [-0.2, 0) is 9.47 Å².